The summed E-state index contributed by atoms with van der Waals surface area (Å²) >= 11 is 0. The normalized spacial score (nSPS) is 23.2. The Morgan fingerprint density at radius 2 is 2.00 bits per heavy atom. The molecule has 0 radical (unpaired) electrons. The molecule has 0 saturated carbocycles. The minimum absolute atomic E-state index is 0.372. The third kappa shape index (κ3) is 2.48. The van der Waals surface area contributed by atoms with E-state index in [9.17, 15) is 31.1 Å². The van der Waals surface area contributed by atoms with Crippen molar-refractivity contribution in [1.29, 1.82) is 0 Å². The fraction of sp³-hybridized carbons (Fsp3) is 0.556. The van der Waals surface area contributed by atoms with Crippen molar-refractivity contribution in [2.75, 3.05) is 0 Å². The number of alkyl halides is 4. The van der Waals surface area contributed by atoms with Crippen LogP contribution in [0.3, 0.4) is 0 Å². The van der Waals surface area contributed by atoms with Crippen molar-refractivity contribution in [3.8, 4) is 0 Å². The second-order valence-electron chi connectivity index (χ2n) is 4.35. The first-order valence-corrected chi connectivity index (χ1v) is 6.93. The van der Waals surface area contributed by atoms with E-state index in [4.69, 9.17) is 0 Å². The van der Waals surface area contributed by atoms with Gasteiger partial charge in [-0.05, 0) is 0 Å². The molecule has 0 unspecified atom stereocenters. The lowest BCUT2D eigenvalue weighted by atomic mass is 10.1. The van der Waals surface area contributed by atoms with Gasteiger partial charge in [-0.2, -0.15) is 18.6 Å². The summed E-state index contributed by atoms with van der Waals surface area (Å²) in [4.78, 5) is -0.552. The maximum atomic E-state index is 13.0. The molecule has 1 aromatic rings. The summed E-state index contributed by atoms with van der Waals surface area (Å²) in [5.74, 6) is 0. The van der Waals surface area contributed by atoms with Crippen molar-refractivity contribution in [3.63, 3.8) is 0 Å². The van der Waals surface area contributed by atoms with Crippen molar-refractivity contribution in [2.45, 2.75) is 29.9 Å². The zero-order valence-corrected chi connectivity index (χ0v) is 11.3. The van der Waals surface area contributed by atoms with E-state index in [1.807, 2.05) is 0 Å². The number of nitrogens with zero attached hydrogens (tertiary/aromatic N) is 4. The highest BCUT2D eigenvalue weighted by Gasteiger charge is 2.55. The fourth-order valence-electron chi connectivity index (χ4n) is 1.75. The van der Waals surface area contributed by atoms with Crippen LogP contribution in [0.2, 0.25) is 0 Å². The van der Waals surface area contributed by atoms with E-state index in [1.165, 1.54) is 7.05 Å². The molecular formula is C9H10F4N4O3S. The molecule has 0 aliphatic carbocycles. The SMILES string of the molecule is Cn1cc(S(=O)(=O)N2N=C(C(F)F)C[C@@]2(O)C(F)F)cn1. The van der Waals surface area contributed by atoms with Crippen molar-refractivity contribution in [2.24, 2.45) is 12.1 Å². The Morgan fingerprint density at radius 3 is 2.43 bits per heavy atom. The topological polar surface area (TPSA) is 87.8 Å². The van der Waals surface area contributed by atoms with E-state index in [2.05, 4.69) is 10.2 Å². The summed E-state index contributed by atoms with van der Waals surface area (Å²) in [5, 5.41) is 16.3. The maximum Gasteiger partial charge on any atom is 0.288 e. The van der Waals surface area contributed by atoms with Gasteiger partial charge in [-0.3, -0.25) is 4.68 Å². The van der Waals surface area contributed by atoms with Gasteiger partial charge < -0.3 is 5.11 Å². The molecular weight excluding hydrogens is 320 g/mol. The number of hydrogen-bond acceptors (Lipinski definition) is 5. The van der Waals surface area contributed by atoms with E-state index in [1.54, 1.807) is 0 Å². The first kappa shape index (κ1) is 15.7. The van der Waals surface area contributed by atoms with Gasteiger partial charge in [0.15, 0.2) is 0 Å². The summed E-state index contributed by atoms with van der Waals surface area (Å²) in [6.45, 7) is 0. The van der Waals surface area contributed by atoms with Crippen LogP contribution >= 0.6 is 0 Å². The Hall–Kier alpha value is -1.69. The first-order valence-electron chi connectivity index (χ1n) is 5.49. The van der Waals surface area contributed by atoms with Crippen molar-refractivity contribution in [1.82, 2.24) is 14.2 Å². The largest absolute Gasteiger partial charge is 0.364 e. The summed E-state index contributed by atoms with van der Waals surface area (Å²) in [6.07, 6.45) is -6.36. The van der Waals surface area contributed by atoms with Crippen molar-refractivity contribution in [3.05, 3.63) is 12.4 Å². The lowest BCUT2D eigenvalue weighted by Gasteiger charge is -2.30. The monoisotopic (exact) mass is 330 g/mol. The number of aryl methyl sites for hydroxylation is 1. The smallest absolute Gasteiger partial charge is 0.288 e. The molecule has 0 fully saturated rings. The van der Waals surface area contributed by atoms with Crippen molar-refractivity contribution < 1.29 is 31.1 Å². The van der Waals surface area contributed by atoms with Crippen LogP contribution in [0.25, 0.3) is 0 Å². The molecule has 1 aromatic heterocycles. The molecule has 0 spiro atoms. The molecule has 118 valence electrons. The van der Waals surface area contributed by atoms with Gasteiger partial charge in [0.2, 0.25) is 5.72 Å². The van der Waals surface area contributed by atoms with Crippen LogP contribution in [0.1, 0.15) is 6.42 Å². The van der Waals surface area contributed by atoms with Crippen LogP contribution in [-0.4, -0.2) is 52.0 Å². The number of halogens is 4. The summed E-state index contributed by atoms with van der Waals surface area (Å²) in [5.41, 5.74) is -4.48. The van der Waals surface area contributed by atoms with Gasteiger partial charge in [0.25, 0.3) is 22.9 Å². The van der Waals surface area contributed by atoms with Crippen LogP contribution in [0, 0.1) is 0 Å². The van der Waals surface area contributed by atoms with Gasteiger partial charge >= 0.3 is 0 Å². The molecule has 2 heterocycles. The van der Waals surface area contributed by atoms with E-state index < -0.39 is 45.6 Å². The Balaban J connectivity index is 2.52. The molecule has 0 bridgehead atoms. The van der Waals surface area contributed by atoms with Gasteiger partial charge in [0.05, 0.1) is 6.20 Å². The third-order valence-electron chi connectivity index (χ3n) is 2.80. The summed E-state index contributed by atoms with van der Waals surface area (Å²) in [6, 6.07) is 0. The molecule has 1 atom stereocenters. The number of aliphatic hydroxyl groups is 1. The molecule has 7 nitrogen and oxygen atoms in total. The number of rotatable bonds is 4. The highest BCUT2D eigenvalue weighted by atomic mass is 32.2. The number of sulfonamides is 1. The highest BCUT2D eigenvalue weighted by Crippen LogP contribution is 2.37. The zero-order valence-electron chi connectivity index (χ0n) is 10.5. The Kier molecular flexibility index (Phi) is 3.70. The van der Waals surface area contributed by atoms with Crippen LogP contribution < -0.4 is 0 Å². The van der Waals surface area contributed by atoms with Gasteiger partial charge in [0, 0.05) is 19.7 Å². The average molecular weight is 330 g/mol. The molecule has 0 saturated heterocycles. The summed E-state index contributed by atoms with van der Waals surface area (Å²) < 4.78 is 76.1. The number of hydrazone groups is 1. The third-order valence-corrected chi connectivity index (χ3v) is 4.46. The number of aromatic nitrogens is 2. The standard InChI is InChI=1S/C9H10F4N4O3S/c1-16-4-5(3-14-16)21(19,20)17-9(18,8(12)13)2-6(15-17)7(10)11/h3-4,7-8,18H,2H2,1H3/t9-/m1/s1. The molecule has 12 heteroatoms. The molecule has 0 amide bonds. The second-order valence-corrected chi connectivity index (χ2v) is 6.11. The lowest BCUT2D eigenvalue weighted by molar-refractivity contribution is -0.150. The van der Waals surface area contributed by atoms with E-state index in [0.717, 1.165) is 17.1 Å². The molecule has 21 heavy (non-hydrogen) atoms. The quantitative estimate of drug-likeness (QED) is 0.809. The molecule has 1 aliphatic heterocycles. The van der Waals surface area contributed by atoms with E-state index in [-0.39, 0.29) is 4.41 Å². The molecule has 2 rings (SSSR count). The lowest BCUT2D eigenvalue weighted by Crippen LogP contribution is -2.51. The van der Waals surface area contributed by atoms with Gasteiger partial charge in [-0.1, -0.05) is 0 Å². The van der Waals surface area contributed by atoms with Crippen LogP contribution in [0.15, 0.2) is 22.4 Å². The van der Waals surface area contributed by atoms with Crippen LogP contribution in [0.4, 0.5) is 17.6 Å². The highest BCUT2D eigenvalue weighted by molar-refractivity contribution is 7.89. The van der Waals surface area contributed by atoms with E-state index >= 15 is 0 Å². The fourth-order valence-corrected chi connectivity index (χ4v) is 3.19. The minimum atomic E-state index is -4.74. The average Bonchev–Trinajstić information content (AvgIpc) is 2.94. The van der Waals surface area contributed by atoms with Gasteiger partial charge in [-0.25, -0.2) is 17.6 Å². The predicted molar refractivity (Wildman–Crippen MR) is 61.2 cm³/mol. The Bertz CT molecular complexity index is 674. The van der Waals surface area contributed by atoms with E-state index in [0.29, 0.717) is 0 Å². The van der Waals surface area contributed by atoms with Gasteiger partial charge in [-0.15, -0.1) is 4.41 Å². The maximum absolute atomic E-state index is 13.0. The number of hydrogen-bond donors (Lipinski definition) is 1. The van der Waals surface area contributed by atoms with Crippen LogP contribution in [0.5, 0.6) is 0 Å². The minimum Gasteiger partial charge on any atom is -0.364 e. The predicted octanol–water partition coefficient (Wildman–Crippen LogP) is 0.389. The Labute approximate surface area is 116 Å². The second kappa shape index (κ2) is 4.94. The molecule has 1 aliphatic rings. The zero-order chi connectivity index (χ0) is 16.0. The van der Waals surface area contributed by atoms with Crippen molar-refractivity contribution >= 4 is 15.7 Å². The Morgan fingerprint density at radius 1 is 1.38 bits per heavy atom. The summed E-state index contributed by atoms with van der Waals surface area (Å²) in [7, 11) is -3.37. The van der Waals surface area contributed by atoms with Gasteiger partial charge in [0.1, 0.15) is 10.6 Å². The first-order chi connectivity index (χ1) is 9.59. The van der Waals surface area contributed by atoms with Crippen LogP contribution in [-0.2, 0) is 17.1 Å². The molecule has 1 N–H and O–H groups in total. The molecule has 0 aromatic carbocycles.